The molecular formula is C15H18ClN5O. The third-order valence-electron chi connectivity index (χ3n) is 3.03. The van der Waals surface area contributed by atoms with Gasteiger partial charge < -0.3 is 4.90 Å². The number of benzene rings is 1. The summed E-state index contributed by atoms with van der Waals surface area (Å²) in [6.45, 7) is 8.85. The summed E-state index contributed by atoms with van der Waals surface area (Å²) in [5.41, 5.74) is 1.74. The van der Waals surface area contributed by atoms with Crippen LogP contribution in [0.4, 0.5) is 0 Å². The quantitative estimate of drug-likeness (QED) is 0.767. The summed E-state index contributed by atoms with van der Waals surface area (Å²) in [5.74, 6) is 0.401. The number of hydrogen-bond acceptors (Lipinski definition) is 4. The van der Waals surface area contributed by atoms with Crippen LogP contribution in [0, 0.1) is 0 Å². The van der Waals surface area contributed by atoms with Gasteiger partial charge in [-0.2, -0.15) is 4.80 Å². The lowest BCUT2D eigenvalue weighted by molar-refractivity contribution is -0.131. The first kappa shape index (κ1) is 16.2. The number of halogens is 1. The number of rotatable bonds is 6. The van der Waals surface area contributed by atoms with Gasteiger partial charge in [0.2, 0.25) is 11.7 Å². The first-order valence-electron chi connectivity index (χ1n) is 6.95. The van der Waals surface area contributed by atoms with E-state index in [0.717, 1.165) is 11.1 Å². The van der Waals surface area contributed by atoms with Crippen molar-refractivity contribution in [3.8, 4) is 11.4 Å². The lowest BCUT2D eigenvalue weighted by atomic mass is 10.2. The third-order valence-corrected chi connectivity index (χ3v) is 3.28. The molecule has 0 saturated heterocycles. The molecule has 2 aromatic rings. The van der Waals surface area contributed by atoms with Crippen LogP contribution in [0.25, 0.3) is 11.4 Å². The number of carbonyl (C=O) groups is 1. The molecule has 2 rings (SSSR count). The molecule has 0 fully saturated rings. The van der Waals surface area contributed by atoms with Crippen LogP contribution < -0.4 is 0 Å². The minimum atomic E-state index is -0.0643. The molecule has 7 heteroatoms. The summed E-state index contributed by atoms with van der Waals surface area (Å²) in [7, 11) is 0. The molecule has 0 aliphatic carbocycles. The molecule has 0 N–H and O–H groups in total. The second-order valence-corrected chi connectivity index (χ2v) is 5.45. The number of likely N-dealkylation sites (N-methyl/N-ethyl adjacent to an activating group) is 1. The Bertz CT molecular complexity index is 665. The van der Waals surface area contributed by atoms with Crippen molar-refractivity contribution in [3.63, 3.8) is 0 Å². The summed E-state index contributed by atoms with van der Waals surface area (Å²) >= 11 is 5.85. The fourth-order valence-electron chi connectivity index (χ4n) is 1.95. The van der Waals surface area contributed by atoms with E-state index in [4.69, 9.17) is 11.6 Å². The average Bonchev–Trinajstić information content (AvgIpc) is 2.93. The minimum Gasteiger partial charge on any atom is -0.337 e. The summed E-state index contributed by atoms with van der Waals surface area (Å²) < 4.78 is 0. The molecule has 0 bridgehead atoms. The van der Waals surface area contributed by atoms with Gasteiger partial charge in [-0.1, -0.05) is 23.8 Å². The number of aromatic nitrogens is 4. The van der Waals surface area contributed by atoms with Crippen LogP contribution in [0.5, 0.6) is 0 Å². The summed E-state index contributed by atoms with van der Waals surface area (Å²) in [5, 5.41) is 12.8. The van der Waals surface area contributed by atoms with Crippen LogP contribution in [0.15, 0.2) is 36.4 Å². The molecule has 22 heavy (non-hydrogen) atoms. The average molecular weight is 320 g/mol. The van der Waals surface area contributed by atoms with E-state index in [9.17, 15) is 4.79 Å². The van der Waals surface area contributed by atoms with Gasteiger partial charge in [-0.05, 0) is 43.3 Å². The van der Waals surface area contributed by atoms with Crippen LogP contribution >= 0.6 is 11.6 Å². The van der Waals surface area contributed by atoms with E-state index in [0.29, 0.717) is 23.9 Å². The maximum absolute atomic E-state index is 12.2. The lowest BCUT2D eigenvalue weighted by Crippen LogP contribution is -2.35. The molecule has 0 spiro atoms. The van der Waals surface area contributed by atoms with Crippen molar-refractivity contribution in [1.82, 2.24) is 25.1 Å². The molecule has 0 aliphatic heterocycles. The SMILES string of the molecule is C=C(C)CN(CC)C(=O)Cn1nnc(-c2ccc(Cl)cc2)n1. The zero-order valence-corrected chi connectivity index (χ0v) is 13.4. The zero-order valence-electron chi connectivity index (χ0n) is 12.7. The van der Waals surface area contributed by atoms with E-state index in [1.807, 2.05) is 26.0 Å². The predicted molar refractivity (Wildman–Crippen MR) is 85.3 cm³/mol. The first-order valence-corrected chi connectivity index (χ1v) is 7.33. The van der Waals surface area contributed by atoms with Gasteiger partial charge in [0.25, 0.3) is 0 Å². The van der Waals surface area contributed by atoms with Gasteiger partial charge >= 0.3 is 0 Å². The number of hydrogen-bond donors (Lipinski definition) is 0. The maximum atomic E-state index is 12.2. The standard InChI is InChI=1S/C15H18ClN5O/c1-4-20(9-11(2)3)14(22)10-21-18-15(17-19-21)12-5-7-13(16)8-6-12/h5-8H,2,4,9-10H2,1,3H3. The Morgan fingerprint density at radius 2 is 2.05 bits per heavy atom. The highest BCUT2D eigenvalue weighted by molar-refractivity contribution is 6.30. The Labute approximate surface area is 134 Å². The Balaban J connectivity index is 2.06. The van der Waals surface area contributed by atoms with Gasteiger partial charge in [0.15, 0.2) is 0 Å². The molecular weight excluding hydrogens is 302 g/mol. The van der Waals surface area contributed by atoms with Gasteiger partial charge in [-0.15, -0.1) is 10.2 Å². The van der Waals surface area contributed by atoms with Crippen LogP contribution in [0.2, 0.25) is 5.02 Å². The normalized spacial score (nSPS) is 10.5. The van der Waals surface area contributed by atoms with Crippen LogP contribution in [0.3, 0.4) is 0 Å². The van der Waals surface area contributed by atoms with Gasteiger partial charge in [-0.25, -0.2) is 0 Å². The van der Waals surface area contributed by atoms with Gasteiger partial charge in [0.05, 0.1) is 0 Å². The fraction of sp³-hybridized carbons (Fsp3) is 0.333. The molecule has 1 amide bonds. The first-order chi connectivity index (χ1) is 10.5. The summed E-state index contributed by atoms with van der Waals surface area (Å²) in [6, 6.07) is 7.14. The van der Waals surface area contributed by atoms with Gasteiger partial charge in [0, 0.05) is 23.7 Å². The lowest BCUT2D eigenvalue weighted by Gasteiger charge is -2.20. The highest BCUT2D eigenvalue weighted by atomic mass is 35.5. The van der Waals surface area contributed by atoms with E-state index in [2.05, 4.69) is 22.0 Å². The van der Waals surface area contributed by atoms with Crippen LogP contribution in [-0.2, 0) is 11.3 Å². The fourth-order valence-corrected chi connectivity index (χ4v) is 2.07. The van der Waals surface area contributed by atoms with Crippen molar-refractivity contribution in [2.45, 2.75) is 20.4 Å². The van der Waals surface area contributed by atoms with Crippen molar-refractivity contribution in [2.75, 3.05) is 13.1 Å². The Hall–Kier alpha value is -2.21. The number of nitrogens with zero attached hydrogens (tertiary/aromatic N) is 5. The molecule has 6 nitrogen and oxygen atoms in total. The number of carbonyl (C=O) groups excluding carboxylic acids is 1. The van der Waals surface area contributed by atoms with E-state index in [1.54, 1.807) is 17.0 Å². The molecule has 0 radical (unpaired) electrons. The molecule has 0 saturated carbocycles. The molecule has 0 unspecified atom stereocenters. The highest BCUT2D eigenvalue weighted by Gasteiger charge is 2.14. The predicted octanol–water partition coefficient (Wildman–Crippen LogP) is 2.42. The zero-order chi connectivity index (χ0) is 16.1. The van der Waals surface area contributed by atoms with E-state index >= 15 is 0 Å². The molecule has 1 aromatic heterocycles. The molecule has 116 valence electrons. The number of tetrazole rings is 1. The Kier molecular flexibility index (Phi) is 5.27. The van der Waals surface area contributed by atoms with E-state index in [-0.39, 0.29) is 12.5 Å². The van der Waals surface area contributed by atoms with E-state index in [1.165, 1.54) is 4.80 Å². The topological polar surface area (TPSA) is 63.9 Å². The number of amides is 1. The van der Waals surface area contributed by atoms with Crippen molar-refractivity contribution < 1.29 is 4.79 Å². The second-order valence-electron chi connectivity index (χ2n) is 5.02. The van der Waals surface area contributed by atoms with Crippen LogP contribution in [-0.4, -0.2) is 44.1 Å². The largest absolute Gasteiger partial charge is 0.337 e. The summed E-state index contributed by atoms with van der Waals surface area (Å²) in [4.78, 5) is 15.2. The van der Waals surface area contributed by atoms with Crippen molar-refractivity contribution >= 4 is 17.5 Å². The molecule has 0 aliphatic rings. The smallest absolute Gasteiger partial charge is 0.246 e. The molecule has 1 heterocycles. The van der Waals surface area contributed by atoms with Gasteiger partial charge in [-0.3, -0.25) is 4.79 Å². The Morgan fingerprint density at radius 1 is 1.36 bits per heavy atom. The monoisotopic (exact) mass is 319 g/mol. The van der Waals surface area contributed by atoms with Crippen molar-refractivity contribution in [1.29, 1.82) is 0 Å². The summed E-state index contributed by atoms with van der Waals surface area (Å²) in [6.07, 6.45) is 0. The molecule has 0 atom stereocenters. The maximum Gasteiger partial charge on any atom is 0.246 e. The van der Waals surface area contributed by atoms with E-state index < -0.39 is 0 Å². The van der Waals surface area contributed by atoms with Gasteiger partial charge in [0.1, 0.15) is 6.54 Å². The van der Waals surface area contributed by atoms with Crippen LogP contribution in [0.1, 0.15) is 13.8 Å². The molecule has 1 aromatic carbocycles. The Morgan fingerprint density at radius 3 is 2.64 bits per heavy atom. The highest BCUT2D eigenvalue weighted by Crippen LogP contribution is 2.16. The third kappa shape index (κ3) is 4.14. The second kappa shape index (κ2) is 7.17. The van der Waals surface area contributed by atoms with Crippen molar-refractivity contribution in [2.24, 2.45) is 0 Å². The van der Waals surface area contributed by atoms with Crippen molar-refractivity contribution in [3.05, 3.63) is 41.4 Å². The minimum absolute atomic E-state index is 0.0573.